The van der Waals surface area contributed by atoms with Gasteiger partial charge in [0, 0.05) is 12.5 Å². The molecule has 6 heteroatoms. The first kappa shape index (κ1) is 14.7. The predicted molar refractivity (Wildman–Crippen MR) is 69.2 cm³/mol. The van der Waals surface area contributed by atoms with E-state index in [2.05, 4.69) is 4.74 Å². The summed E-state index contributed by atoms with van der Waals surface area (Å²) < 4.78 is 9.45. The van der Waals surface area contributed by atoms with Crippen LogP contribution in [0, 0.1) is 10.1 Å². The van der Waals surface area contributed by atoms with E-state index in [1.165, 1.54) is 13.2 Å². The van der Waals surface area contributed by atoms with Gasteiger partial charge in [-0.1, -0.05) is 12.1 Å². The van der Waals surface area contributed by atoms with Crippen molar-refractivity contribution in [2.45, 2.75) is 12.8 Å². The number of allylic oxidation sites excluding steroid dienone is 1. The van der Waals surface area contributed by atoms with Gasteiger partial charge in [0.25, 0.3) is 0 Å². The highest BCUT2D eigenvalue weighted by Gasteiger charge is 2.13. The molecule has 0 fully saturated rings. The average Bonchev–Trinajstić information content (AvgIpc) is 2.43. The zero-order chi connectivity index (χ0) is 14.3. The van der Waals surface area contributed by atoms with Crippen LogP contribution in [-0.4, -0.2) is 25.1 Å². The van der Waals surface area contributed by atoms with Gasteiger partial charge < -0.3 is 9.47 Å². The van der Waals surface area contributed by atoms with Crippen molar-refractivity contribution in [3.05, 3.63) is 45.6 Å². The molecule has 0 aliphatic heterocycles. The minimum Gasteiger partial charge on any atom is -0.497 e. The molecular weight excluding hydrogens is 250 g/mol. The fourth-order valence-corrected chi connectivity index (χ4v) is 1.44. The number of methoxy groups -OCH3 is 2. The smallest absolute Gasteiger partial charge is 0.306 e. The van der Waals surface area contributed by atoms with Gasteiger partial charge in [-0.3, -0.25) is 14.9 Å². The Morgan fingerprint density at radius 3 is 2.37 bits per heavy atom. The molecule has 0 N–H and O–H groups in total. The van der Waals surface area contributed by atoms with Crippen molar-refractivity contribution in [2.75, 3.05) is 14.2 Å². The Morgan fingerprint density at radius 1 is 1.26 bits per heavy atom. The number of rotatable bonds is 6. The molecule has 0 radical (unpaired) electrons. The van der Waals surface area contributed by atoms with Crippen LogP contribution in [0.25, 0.3) is 6.08 Å². The fourth-order valence-electron chi connectivity index (χ4n) is 1.44. The van der Waals surface area contributed by atoms with Gasteiger partial charge >= 0.3 is 5.97 Å². The number of hydrogen-bond donors (Lipinski definition) is 0. The van der Waals surface area contributed by atoms with Crippen molar-refractivity contribution >= 4 is 12.0 Å². The van der Waals surface area contributed by atoms with Gasteiger partial charge in [0.05, 0.1) is 25.6 Å². The predicted octanol–water partition coefficient (Wildman–Crippen LogP) is 2.27. The van der Waals surface area contributed by atoms with E-state index in [9.17, 15) is 14.9 Å². The molecule has 0 saturated carbocycles. The summed E-state index contributed by atoms with van der Waals surface area (Å²) in [5, 5.41) is 10.9. The molecule has 19 heavy (non-hydrogen) atoms. The second-order valence-electron chi connectivity index (χ2n) is 3.74. The normalized spacial score (nSPS) is 10.9. The van der Waals surface area contributed by atoms with Gasteiger partial charge in [-0.2, -0.15) is 0 Å². The van der Waals surface area contributed by atoms with E-state index in [0.717, 1.165) is 0 Å². The summed E-state index contributed by atoms with van der Waals surface area (Å²) in [6.45, 7) is 0. The van der Waals surface area contributed by atoms with Crippen LogP contribution in [-0.2, 0) is 9.53 Å². The van der Waals surface area contributed by atoms with Crippen molar-refractivity contribution in [2.24, 2.45) is 0 Å². The molecule has 0 amide bonds. The summed E-state index contributed by atoms with van der Waals surface area (Å²) in [4.78, 5) is 21.4. The number of benzene rings is 1. The van der Waals surface area contributed by atoms with Crippen molar-refractivity contribution in [1.82, 2.24) is 0 Å². The molecule has 0 aromatic heterocycles. The molecule has 1 rings (SSSR count). The van der Waals surface area contributed by atoms with E-state index < -0.39 is 10.9 Å². The summed E-state index contributed by atoms with van der Waals surface area (Å²) in [5.41, 5.74) is 0.646. The van der Waals surface area contributed by atoms with Crippen molar-refractivity contribution in [1.29, 1.82) is 0 Å². The first-order valence-corrected chi connectivity index (χ1v) is 5.62. The van der Waals surface area contributed by atoms with Crippen molar-refractivity contribution in [3.63, 3.8) is 0 Å². The van der Waals surface area contributed by atoms with Crippen LogP contribution in [0.15, 0.2) is 30.0 Å². The number of ether oxygens (including phenoxy) is 2. The van der Waals surface area contributed by atoms with Crippen LogP contribution < -0.4 is 4.74 Å². The molecule has 102 valence electrons. The molecule has 0 unspecified atom stereocenters. The first-order chi connectivity index (χ1) is 9.06. The summed E-state index contributed by atoms with van der Waals surface area (Å²) in [6, 6.07) is 6.84. The molecule has 1 aromatic carbocycles. The van der Waals surface area contributed by atoms with Crippen LogP contribution >= 0.6 is 0 Å². The standard InChI is InChI=1S/C13H15NO5/c1-18-12-6-3-10(4-7-12)9-11(14(16)17)5-8-13(15)19-2/h3-4,6-7,9H,5,8H2,1-2H3/b11-9+. The van der Waals surface area contributed by atoms with Crippen LogP contribution in [0.4, 0.5) is 0 Å². The van der Waals surface area contributed by atoms with Crippen LogP contribution in [0.1, 0.15) is 18.4 Å². The molecule has 0 aliphatic rings. The van der Waals surface area contributed by atoms with Crippen molar-refractivity contribution in [3.8, 4) is 5.75 Å². The molecule has 0 bridgehead atoms. The first-order valence-electron chi connectivity index (χ1n) is 5.62. The number of carbonyl (C=O) groups is 1. The maximum Gasteiger partial charge on any atom is 0.306 e. The number of nitrogens with zero attached hydrogens (tertiary/aromatic N) is 1. The van der Waals surface area contributed by atoms with Crippen molar-refractivity contribution < 1.29 is 19.2 Å². The molecule has 6 nitrogen and oxygen atoms in total. The molecule has 0 heterocycles. The largest absolute Gasteiger partial charge is 0.497 e. The maximum absolute atomic E-state index is 11.0. The highest BCUT2D eigenvalue weighted by Crippen LogP contribution is 2.16. The Labute approximate surface area is 110 Å². The van der Waals surface area contributed by atoms with E-state index in [-0.39, 0.29) is 18.5 Å². The lowest BCUT2D eigenvalue weighted by molar-refractivity contribution is -0.426. The van der Waals surface area contributed by atoms with E-state index >= 15 is 0 Å². The Balaban J connectivity index is 2.81. The van der Waals surface area contributed by atoms with Gasteiger partial charge in [0.15, 0.2) is 0 Å². The third-order valence-corrected chi connectivity index (χ3v) is 2.50. The minimum atomic E-state index is -0.493. The molecule has 0 atom stereocenters. The molecule has 0 spiro atoms. The summed E-state index contributed by atoms with van der Waals surface area (Å²) in [5.74, 6) is 0.205. The Hall–Kier alpha value is -2.37. The number of esters is 1. The third kappa shape index (κ3) is 4.79. The highest BCUT2D eigenvalue weighted by atomic mass is 16.6. The van der Waals surface area contributed by atoms with Gasteiger partial charge in [0.2, 0.25) is 5.70 Å². The van der Waals surface area contributed by atoms with E-state index in [1.807, 2.05) is 0 Å². The fraction of sp³-hybridized carbons (Fsp3) is 0.308. The van der Waals surface area contributed by atoms with Gasteiger partial charge in [0.1, 0.15) is 5.75 Å². The van der Waals surface area contributed by atoms with Crippen LogP contribution in [0.3, 0.4) is 0 Å². The summed E-state index contributed by atoms with van der Waals surface area (Å²) >= 11 is 0. The van der Waals surface area contributed by atoms with Crippen LogP contribution in [0.5, 0.6) is 5.75 Å². The lowest BCUT2D eigenvalue weighted by Gasteiger charge is -2.01. The third-order valence-electron chi connectivity index (χ3n) is 2.50. The lowest BCUT2D eigenvalue weighted by atomic mass is 10.1. The maximum atomic E-state index is 11.0. The van der Waals surface area contributed by atoms with Gasteiger partial charge in [-0.05, 0) is 17.7 Å². The Morgan fingerprint density at radius 2 is 1.89 bits per heavy atom. The van der Waals surface area contributed by atoms with Gasteiger partial charge in [-0.15, -0.1) is 0 Å². The van der Waals surface area contributed by atoms with E-state index in [1.54, 1.807) is 31.4 Å². The second-order valence-corrected chi connectivity index (χ2v) is 3.74. The lowest BCUT2D eigenvalue weighted by Crippen LogP contribution is -2.05. The van der Waals surface area contributed by atoms with Gasteiger partial charge in [-0.25, -0.2) is 0 Å². The number of carbonyl (C=O) groups excluding carboxylic acids is 1. The average molecular weight is 265 g/mol. The zero-order valence-corrected chi connectivity index (χ0v) is 10.8. The zero-order valence-electron chi connectivity index (χ0n) is 10.8. The number of hydrogen-bond acceptors (Lipinski definition) is 5. The summed E-state index contributed by atoms with van der Waals surface area (Å²) in [6.07, 6.45) is 1.45. The molecule has 0 saturated heterocycles. The second kappa shape index (κ2) is 7.15. The molecule has 1 aromatic rings. The monoisotopic (exact) mass is 265 g/mol. The topological polar surface area (TPSA) is 78.7 Å². The Kier molecular flexibility index (Phi) is 5.53. The summed E-state index contributed by atoms with van der Waals surface area (Å²) in [7, 11) is 2.80. The highest BCUT2D eigenvalue weighted by molar-refractivity contribution is 5.69. The minimum absolute atomic E-state index is 0.0144. The molecule has 0 aliphatic carbocycles. The van der Waals surface area contributed by atoms with Crippen LogP contribution in [0.2, 0.25) is 0 Å². The van der Waals surface area contributed by atoms with E-state index in [0.29, 0.717) is 11.3 Å². The van der Waals surface area contributed by atoms with E-state index in [4.69, 9.17) is 4.74 Å². The quantitative estimate of drug-likeness (QED) is 0.448. The Bertz CT molecular complexity index is 478. The number of nitro groups is 1. The SMILES string of the molecule is COC(=O)CC/C(=C\c1ccc(OC)cc1)[N+](=O)[O-]. The molecular formula is C13H15NO5.